The van der Waals surface area contributed by atoms with E-state index >= 15 is 0 Å². The van der Waals surface area contributed by atoms with E-state index in [1.165, 1.54) is 6.33 Å². The van der Waals surface area contributed by atoms with Crippen LogP contribution in [0.5, 0.6) is 0 Å². The van der Waals surface area contributed by atoms with Crippen LogP contribution in [0, 0.1) is 6.92 Å². The summed E-state index contributed by atoms with van der Waals surface area (Å²) in [5.74, 6) is 0.749. The number of nitrogens with one attached hydrogen (secondary N) is 1. The fourth-order valence-corrected chi connectivity index (χ4v) is 2.17. The van der Waals surface area contributed by atoms with Crippen molar-refractivity contribution in [1.29, 1.82) is 0 Å². The molecule has 0 aliphatic rings. The number of rotatable bonds is 3. The topological polar surface area (TPSA) is 76.7 Å². The van der Waals surface area contributed by atoms with Crippen LogP contribution in [0.4, 0.5) is 17.2 Å². The molecule has 0 amide bonds. The van der Waals surface area contributed by atoms with Crippen LogP contribution < -0.4 is 11.1 Å². The van der Waals surface area contributed by atoms with Crippen molar-refractivity contribution >= 4 is 17.2 Å². The summed E-state index contributed by atoms with van der Waals surface area (Å²) in [6.45, 7) is 2.03. The Hall–Kier alpha value is -2.95. The summed E-state index contributed by atoms with van der Waals surface area (Å²) in [4.78, 5) is 12.7. The summed E-state index contributed by atoms with van der Waals surface area (Å²) in [6.07, 6.45) is 5.03. The Morgan fingerprint density at radius 3 is 2.71 bits per heavy atom. The lowest BCUT2D eigenvalue weighted by molar-refractivity contribution is 1.16. The lowest BCUT2D eigenvalue weighted by atomic mass is 10.1. The van der Waals surface area contributed by atoms with Gasteiger partial charge in [-0.05, 0) is 42.8 Å². The first kappa shape index (κ1) is 13.1. The van der Waals surface area contributed by atoms with Gasteiger partial charge in [-0.1, -0.05) is 6.07 Å². The van der Waals surface area contributed by atoms with E-state index in [-0.39, 0.29) is 0 Å². The zero-order chi connectivity index (χ0) is 14.7. The normalized spacial score (nSPS) is 10.3. The van der Waals surface area contributed by atoms with Gasteiger partial charge in [0, 0.05) is 29.3 Å². The van der Waals surface area contributed by atoms with Gasteiger partial charge >= 0.3 is 0 Å². The number of hydrogen-bond donors (Lipinski definition) is 2. The molecule has 2 heterocycles. The highest BCUT2D eigenvalue weighted by atomic mass is 15.0. The molecule has 2 aromatic heterocycles. The molecule has 0 saturated heterocycles. The van der Waals surface area contributed by atoms with Crippen molar-refractivity contribution in [2.45, 2.75) is 6.92 Å². The minimum absolute atomic E-state index is 0.705. The second-order valence-electron chi connectivity index (χ2n) is 4.70. The smallest absolute Gasteiger partial charge is 0.140 e. The van der Waals surface area contributed by atoms with Crippen molar-refractivity contribution in [3.8, 4) is 11.3 Å². The first-order chi connectivity index (χ1) is 10.2. The van der Waals surface area contributed by atoms with Gasteiger partial charge in [0.15, 0.2) is 0 Å². The van der Waals surface area contributed by atoms with Crippen LogP contribution in [0.25, 0.3) is 11.3 Å². The number of nitrogens with two attached hydrogens (primary N) is 1. The maximum atomic E-state index is 5.81. The van der Waals surface area contributed by atoms with Crippen molar-refractivity contribution in [3.05, 3.63) is 60.7 Å². The van der Waals surface area contributed by atoms with E-state index in [1.807, 2.05) is 43.3 Å². The van der Waals surface area contributed by atoms with Crippen LogP contribution in [0.1, 0.15) is 5.56 Å². The average Bonchev–Trinajstić information content (AvgIpc) is 2.48. The summed E-state index contributed by atoms with van der Waals surface area (Å²) >= 11 is 0. The Bertz CT molecular complexity index is 756. The fourth-order valence-electron chi connectivity index (χ4n) is 2.17. The van der Waals surface area contributed by atoms with Gasteiger partial charge in [0.25, 0.3) is 0 Å². The molecule has 0 radical (unpaired) electrons. The molecule has 0 spiro atoms. The maximum Gasteiger partial charge on any atom is 0.140 e. The number of anilines is 3. The number of nitrogens with zero attached hydrogens (tertiary/aromatic N) is 3. The van der Waals surface area contributed by atoms with E-state index in [4.69, 9.17) is 5.73 Å². The van der Waals surface area contributed by atoms with Gasteiger partial charge in [0.1, 0.15) is 12.1 Å². The molecule has 5 heteroatoms. The Morgan fingerprint density at radius 1 is 1.05 bits per heavy atom. The molecule has 0 aliphatic carbocycles. The summed E-state index contributed by atoms with van der Waals surface area (Å²) in [7, 11) is 0. The zero-order valence-corrected chi connectivity index (χ0v) is 11.6. The quantitative estimate of drug-likeness (QED) is 0.719. The van der Waals surface area contributed by atoms with Crippen LogP contribution >= 0.6 is 0 Å². The number of aryl methyl sites for hydroxylation is 1. The van der Waals surface area contributed by atoms with Crippen molar-refractivity contribution < 1.29 is 0 Å². The van der Waals surface area contributed by atoms with Crippen molar-refractivity contribution in [3.63, 3.8) is 0 Å². The molecule has 0 unspecified atom stereocenters. The number of pyridine rings is 1. The third-order valence-electron chi connectivity index (χ3n) is 3.15. The van der Waals surface area contributed by atoms with E-state index in [1.54, 1.807) is 12.4 Å². The van der Waals surface area contributed by atoms with Crippen molar-refractivity contribution in [1.82, 2.24) is 15.0 Å². The average molecular weight is 277 g/mol. The fraction of sp³-hybridized carbons (Fsp3) is 0.0625. The summed E-state index contributed by atoms with van der Waals surface area (Å²) < 4.78 is 0. The SMILES string of the molecule is Cc1ccnc(Nc2cccc(N)c2)c1-c1ccncn1. The molecule has 0 atom stereocenters. The minimum Gasteiger partial charge on any atom is -0.399 e. The Morgan fingerprint density at radius 2 is 1.95 bits per heavy atom. The first-order valence-electron chi connectivity index (χ1n) is 6.58. The van der Waals surface area contributed by atoms with Crippen LogP contribution in [-0.2, 0) is 0 Å². The highest BCUT2D eigenvalue weighted by Crippen LogP contribution is 2.30. The lowest BCUT2D eigenvalue weighted by Crippen LogP contribution is -2.00. The molecule has 3 aromatic rings. The molecule has 0 bridgehead atoms. The summed E-state index contributed by atoms with van der Waals surface area (Å²) in [5.41, 5.74) is 10.3. The minimum atomic E-state index is 0.705. The number of hydrogen-bond acceptors (Lipinski definition) is 5. The van der Waals surface area contributed by atoms with Gasteiger partial charge in [-0.2, -0.15) is 0 Å². The standard InChI is InChI=1S/C16H15N5/c1-11-5-8-19-16(15(11)14-6-7-18-10-20-14)21-13-4-2-3-12(17)9-13/h2-10H,17H2,1H3,(H,19,21). The lowest BCUT2D eigenvalue weighted by Gasteiger charge is -2.13. The van der Waals surface area contributed by atoms with Gasteiger partial charge in [0.2, 0.25) is 0 Å². The highest BCUT2D eigenvalue weighted by Gasteiger charge is 2.11. The van der Waals surface area contributed by atoms with E-state index in [0.29, 0.717) is 5.69 Å². The molecule has 0 saturated carbocycles. The number of benzene rings is 1. The third-order valence-corrected chi connectivity index (χ3v) is 3.15. The Balaban J connectivity index is 2.05. The third kappa shape index (κ3) is 2.81. The van der Waals surface area contributed by atoms with Gasteiger partial charge in [0.05, 0.1) is 5.69 Å². The van der Waals surface area contributed by atoms with Gasteiger partial charge < -0.3 is 11.1 Å². The predicted octanol–water partition coefficient (Wildman–Crippen LogP) is 3.17. The molecule has 21 heavy (non-hydrogen) atoms. The van der Waals surface area contributed by atoms with Crippen molar-refractivity contribution in [2.24, 2.45) is 0 Å². The van der Waals surface area contributed by atoms with E-state index in [0.717, 1.165) is 28.3 Å². The van der Waals surface area contributed by atoms with Gasteiger partial charge in [-0.25, -0.2) is 15.0 Å². The van der Waals surface area contributed by atoms with E-state index in [2.05, 4.69) is 20.3 Å². The van der Waals surface area contributed by atoms with E-state index in [9.17, 15) is 0 Å². The monoisotopic (exact) mass is 277 g/mol. The second kappa shape index (κ2) is 5.58. The van der Waals surface area contributed by atoms with Gasteiger partial charge in [-0.3, -0.25) is 0 Å². The van der Waals surface area contributed by atoms with Crippen LogP contribution in [0.15, 0.2) is 55.1 Å². The molecule has 104 valence electrons. The van der Waals surface area contributed by atoms with Crippen molar-refractivity contribution in [2.75, 3.05) is 11.1 Å². The molecular weight excluding hydrogens is 262 g/mol. The number of nitrogen functional groups attached to an aromatic ring is 1. The molecule has 3 N–H and O–H groups in total. The predicted molar refractivity (Wildman–Crippen MR) is 84.1 cm³/mol. The molecule has 3 rings (SSSR count). The van der Waals surface area contributed by atoms with Crippen LogP contribution in [-0.4, -0.2) is 15.0 Å². The largest absolute Gasteiger partial charge is 0.399 e. The highest BCUT2D eigenvalue weighted by molar-refractivity contribution is 5.79. The first-order valence-corrected chi connectivity index (χ1v) is 6.58. The Kier molecular flexibility index (Phi) is 3.47. The molecule has 0 aliphatic heterocycles. The molecule has 1 aromatic carbocycles. The molecule has 5 nitrogen and oxygen atoms in total. The number of aromatic nitrogens is 3. The van der Waals surface area contributed by atoms with Crippen LogP contribution in [0.3, 0.4) is 0 Å². The molecule has 0 fully saturated rings. The summed E-state index contributed by atoms with van der Waals surface area (Å²) in [5, 5.41) is 3.30. The van der Waals surface area contributed by atoms with E-state index < -0.39 is 0 Å². The molecular formula is C16H15N5. The second-order valence-corrected chi connectivity index (χ2v) is 4.70. The Labute approximate surface area is 122 Å². The maximum absolute atomic E-state index is 5.81. The zero-order valence-electron chi connectivity index (χ0n) is 11.6. The van der Waals surface area contributed by atoms with Gasteiger partial charge in [-0.15, -0.1) is 0 Å². The van der Waals surface area contributed by atoms with Crippen LogP contribution in [0.2, 0.25) is 0 Å². The summed E-state index contributed by atoms with van der Waals surface area (Å²) in [6, 6.07) is 11.4.